The molecule has 0 aliphatic carbocycles. The van der Waals surface area contributed by atoms with Gasteiger partial charge in [0.2, 0.25) is 5.95 Å². The fourth-order valence-corrected chi connectivity index (χ4v) is 2.85. The van der Waals surface area contributed by atoms with Crippen LogP contribution in [0, 0.1) is 5.95 Å². The van der Waals surface area contributed by atoms with Crippen molar-refractivity contribution in [1.82, 2.24) is 9.97 Å². The number of anilines is 1. The minimum Gasteiger partial charge on any atom is -0.356 e. The number of rotatable bonds is 1. The van der Waals surface area contributed by atoms with Gasteiger partial charge in [-0.3, -0.25) is 0 Å². The lowest BCUT2D eigenvalue weighted by Gasteiger charge is -2.23. The summed E-state index contributed by atoms with van der Waals surface area (Å²) in [5.74, 6) is 1.30. The van der Waals surface area contributed by atoms with Crippen LogP contribution in [0.25, 0.3) is 0 Å². The molecule has 5 heteroatoms. The third kappa shape index (κ3) is 2.84. The van der Waals surface area contributed by atoms with Crippen LogP contribution in [-0.2, 0) is 0 Å². The zero-order chi connectivity index (χ0) is 11.6. The van der Waals surface area contributed by atoms with Gasteiger partial charge in [-0.1, -0.05) is 13.8 Å². The van der Waals surface area contributed by atoms with E-state index in [0.717, 1.165) is 25.3 Å². The second-order valence-corrected chi connectivity index (χ2v) is 6.35. The summed E-state index contributed by atoms with van der Waals surface area (Å²) in [5.41, 5.74) is 0. The van der Waals surface area contributed by atoms with Crippen molar-refractivity contribution in [1.29, 1.82) is 0 Å². The van der Waals surface area contributed by atoms with E-state index in [-0.39, 0.29) is 0 Å². The Bertz CT molecular complexity index is 370. The average molecular weight is 241 g/mol. The Hall–Kier alpha value is -0.840. The third-order valence-electron chi connectivity index (χ3n) is 2.78. The number of thioether (sulfide) groups is 1. The molecular formula is C11H16FN3S. The van der Waals surface area contributed by atoms with Crippen LogP contribution < -0.4 is 4.90 Å². The zero-order valence-electron chi connectivity index (χ0n) is 9.61. The Morgan fingerprint density at radius 1 is 1.38 bits per heavy atom. The summed E-state index contributed by atoms with van der Waals surface area (Å²) in [6.45, 7) is 6.35. The van der Waals surface area contributed by atoms with E-state index < -0.39 is 5.95 Å². The summed E-state index contributed by atoms with van der Waals surface area (Å²) >= 11 is 1.96. The molecule has 1 aromatic heterocycles. The monoisotopic (exact) mass is 241 g/mol. The van der Waals surface area contributed by atoms with E-state index in [1.54, 1.807) is 0 Å². The van der Waals surface area contributed by atoms with Gasteiger partial charge >= 0.3 is 0 Å². The highest BCUT2D eigenvalue weighted by molar-refractivity contribution is 8.00. The lowest BCUT2D eigenvalue weighted by Crippen LogP contribution is -2.27. The second kappa shape index (κ2) is 4.57. The first-order valence-electron chi connectivity index (χ1n) is 5.43. The van der Waals surface area contributed by atoms with Crippen LogP contribution in [0.4, 0.5) is 10.2 Å². The molecule has 1 aliphatic heterocycles. The molecule has 2 rings (SSSR count). The highest BCUT2D eigenvalue weighted by Gasteiger charge is 2.24. The quantitative estimate of drug-likeness (QED) is 0.706. The maximum absolute atomic E-state index is 13.0. The van der Waals surface area contributed by atoms with Gasteiger partial charge in [0, 0.05) is 29.7 Å². The first-order chi connectivity index (χ1) is 7.57. The molecule has 0 bridgehead atoms. The Kier molecular flexibility index (Phi) is 3.33. The van der Waals surface area contributed by atoms with Gasteiger partial charge in [-0.25, -0.2) is 9.97 Å². The second-order valence-electron chi connectivity index (χ2n) is 4.54. The molecule has 16 heavy (non-hydrogen) atoms. The topological polar surface area (TPSA) is 29.0 Å². The van der Waals surface area contributed by atoms with Crippen molar-refractivity contribution in [2.75, 3.05) is 23.7 Å². The Balaban J connectivity index is 2.11. The van der Waals surface area contributed by atoms with Crippen LogP contribution >= 0.6 is 11.8 Å². The van der Waals surface area contributed by atoms with Crippen molar-refractivity contribution in [2.45, 2.75) is 25.0 Å². The standard InChI is InChI=1S/C11H16FN3S/c1-11(2)3-4-15(5-6-16-11)10-7-9(12)13-8-14-10/h7-8H,3-6H2,1-2H3. The first-order valence-corrected chi connectivity index (χ1v) is 6.42. The zero-order valence-corrected chi connectivity index (χ0v) is 10.4. The molecule has 1 fully saturated rings. The predicted octanol–water partition coefficient (Wildman–Crippen LogP) is 2.34. The van der Waals surface area contributed by atoms with E-state index in [0.29, 0.717) is 10.6 Å². The molecule has 0 amide bonds. The van der Waals surface area contributed by atoms with Crippen molar-refractivity contribution in [3.05, 3.63) is 18.3 Å². The minimum absolute atomic E-state index is 0.306. The fraction of sp³-hybridized carbons (Fsp3) is 0.636. The Morgan fingerprint density at radius 2 is 2.19 bits per heavy atom. The van der Waals surface area contributed by atoms with Crippen LogP contribution in [-0.4, -0.2) is 33.6 Å². The molecule has 3 nitrogen and oxygen atoms in total. The van der Waals surface area contributed by atoms with Gasteiger partial charge in [0.15, 0.2) is 0 Å². The maximum atomic E-state index is 13.0. The lowest BCUT2D eigenvalue weighted by molar-refractivity contribution is 0.576. The summed E-state index contributed by atoms with van der Waals surface area (Å²) in [6, 6.07) is 1.41. The van der Waals surface area contributed by atoms with Crippen LogP contribution in [0.3, 0.4) is 0 Å². The van der Waals surface area contributed by atoms with Crippen LogP contribution in [0.1, 0.15) is 20.3 Å². The average Bonchev–Trinajstić information content (AvgIpc) is 2.39. The number of hydrogen-bond acceptors (Lipinski definition) is 4. The van der Waals surface area contributed by atoms with Crippen molar-refractivity contribution in [3.63, 3.8) is 0 Å². The number of nitrogens with zero attached hydrogens (tertiary/aromatic N) is 3. The summed E-state index contributed by atoms with van der Waals surface area (Å²) in [7, 11) is 0. The van der Waals surface area contributed by atoms with Gasteiger partial charge in [-0.2, -0.15) is 16.2 Å². The van der Waals surface area contributed by atoms with Crippen LogP contribution in [0.2, 0.25) is 0 Å². The Labute approximate surface area is 99.5 Å². The molecule has 0 N–H and O–H groups in total. The highest BCUT2D eigenvalue weighted by atomic mass is 32.2. The first kappa shape index (κ1) is 11.6. The third-order valence-corrected chi connectivity index (χ3v) is 4.15. The smallest absolute Gasteiger partial charge is 0.218 e. The molecule has 1 aromatic rings. The molecule has 0 spiro atoms. The number of hydrogen-bond donors (Lipinski definition) is 0. The van der Waals surface area contributed by atoms with E-state index >= 15 is 0 Å². The molecule has 1 aliphatic rings. The predicted molar refractivity (Wildman–Crippen MR) is 65.4 cm³/mol. The molecular weight excluding hydrogens is 225 g/mol. The van der Waals surface area contributed by atoms with Gasteiger partial charge in [0.25, 0.3) is 0 Å². The molecule has 88 valence electrons. The lowest BCUT2D eigenvalue weighted by atomic mass is 10.1. The van der Waals surface area contributed by atoms with Crippen molar-refractivity contribution in [2.24, 2.45) is 0 Å². The van der Waals surface area contributed by atoms with Gasteiger partial charge < -0.3 is 4.90 Å². The van der Waals surface area contributed by atoms with Crippen molar-refractivity contribution in [3.8, 4) is 0 Å². The summed E-state index contributed by atoms with van der Waals surface area (Å²) < 4.78 is 13.3. The normalized spacial score (nSPS) is 20.6. The van der Waals surface area contributed by atoms with Crippen LogP contribution in [0.15, 0.2) is 12.4 Å². The maximum Gasteiger partial charge on any atom is 0.218 e. The van der Waals surface area contributed by atoms with Gasteiger partial charge in [-0.15, -0.1) is 0 Å². The van der Waals surface area contributed by atoms with Gasteiger partial charge in [0.1, 0.15) is 12.1 Å². The van der Waals surface area contributed by atoms with Gasteiger partial charge in [-0.05, 0) is 6.42 Å². The summed E-state index contributed by atoms with van der Waals surface area (Å²) in [4.78, 5) is 9.73. The molecule has 2 heterocycles. The summed E-state index contributed by atoms with van der Waals surface area (Å²) in [6.07, 6.45) is 2.37. The molecule has 0 aromatic carbocycles. The van der Waals surface area contributed by atoms with E-state index in [1.165, 1.54) is 12.4 Å². The molecule has 1 saturated heterocycles. The minimum atomic E-state index is -0.457. The van der Waals surface area contributed by atoms with E-state index in [4.69, 9.17) is 0 Å². The van der Waals surface area contributed by atoms with E-state index in [1.807, 2.05) is 11.8 Å². The molecule has 0 saturated carbocycles. The molecule has 0 atom stereocenters. The Morgan fingerprint density at radius 3 is 2.94 bits per heavy atom. The molecule has 0 radical (unpaired) electrons. The van der Waals surface area contributed by atoms with Crippen molar-refractivity contribution >= 4 is 17.6 Å². The van der Waals surface area contributed by atoms with Crippen molar-refractivity contribution < 1.29 is 4.39 Å². The highest BCUT2D eigenvalue weighted by Crippen LogP contribution is 2.31. The van der Waals surface area contributed by atoms with Crippen LogP contribution in [0.5, 0.6) is 0 Å². The number of aromatic nitrogens is 2. The summed E-state index contributed by atoms with van der Waals surface area (Å²) in [5, 5.41) is 0. The largest absolute Gasteiger partial charge is 0.356 e. The van der Waals surface area contributed by atoms with E-state index in [9.17, 15) is 4.39 Å². The fourth-order valence-electron chi connectivity index (χ4n) is 1.75. The number of halogens is 1. The van der Waals surface area contributed by atoms with Gasteiger partial charge in [0.05, 0.1) is 0 Å². The SMILES string of the molecule is CC1(C)CCN(c2cc(F)ncn2)CCS1. The van der Waals surface area contributed by atoms with E-state index in [2.05, 4.69) is 28.7 Å². The molecule has 0 unspecified atom stereocenters.